The molecule has 1 aromatic carbocycles. The Hall–Kier alpha value is -1.91. The molecule has 13 heavy (non-hydrogen) atoms. The third-order valence-electron chi connectivity index (χ3n) is 1.82. The highest BCUT2D eigenvalue weighted by Crippen LogP contribution is 2.21. The molecule has 0 aliphatic rings. The van der Waals surface area contributed by atoms with Gasteiger partial charge in [-0.25, -0.2) is 5.10 Å². The van der Waals surface area contributed by atoms with Crippen molar-refractivity contribution < 1.29 is 5.11 Å². The van der Waals surface area contributed by atoms with E-state index in [1.54, 1.807) is 12.1 Å². The summed E-state index contributed by atoms with van der Waals surface area (Å²) in [5, 5.41) is 22.6. The van der Waals surface area contributed by atoms with Gasteiger partial charge in [-0.05, 0) is 41.1 Å². The van der Waals surface area contributed by atoms with Crippen LogP contribution in [0.15, 0.2) is 18.2 Å². The summed E-state index contributed by atoms with van der Waals surface area (Å²) >= 11 is 0. The maximum Gasteiger partial charge on any atom is 0.179 e. The van der Waals surface area contributed by atoms with E-state index in [0.29, 0.717) is 5.82 Å². The molecule has 5 nitrogen and oxygen atoms in total. The molecule has 1 heterocycles. The van der Waals surface area contributed by atoms with E-state index in [0.717, 1.165) is 11.1 Å². The van der Waals surface area contributed by atoms with Crippen LogP contribution in [0.25, 0.3) is 11.4 Å². The molecule has 2 rings (SSSR count). The number of hydrogen-bond acceptors (Lipinski definition) is 4. The fourth-order valence-electron chi connectivity index (χ4n) is 1.08. The van der Waals surface area contributed by atoms with Crippen molar-refractivity contribution in [3.63, 3.8) is 0 Å². The number of phenols is 1. The first-order valence-electron chi connectivity index (χ1n) is 3.81. The van der Waals surface area contributed by atoms with Crippen molar-refractivity contribution in [3.8, 4) is 17.1 Å². The molecule has 1 aromatic heterocycles. The van der Waals surface area contributed by atoms with Crippen LogP contribution in [0.5, 0.6) is 5.75 Å². The molecular formula is C8H8N4O. The first kappa shape index (κ1) is 7.72. The van der Waals surface area contributed by atoms with Gasteiger partial charge in [0.1, 0.15) is 5.75 Å². The number of aromatic hydroxyl groups is 1. The summed E-state index contributed by atoms with van der Waals surface area (Å²) in [6.07, 6.45) is 0. The second kappa shape index (κ2) is 2.85. The molecule has 2 N–H and O–H groups in total. The van der Waals surface area contributed by atoms with Gasteiger partial charge in [0, 0.05) is 5.56 Å². The van der Waals surface area contributed by atoms with Crippen LogP contribution in [0.4, 0.5) is 0 Å². The Morgan fingerprint density at radius 3 is 2.85 bits per heavy atom. The second-order valence-corrected chi connectivity index (χ2v) is 2.75. The zero-order valence-corrected chi connectivity index (χ0v) is 7.02. The first-order valence-corrected chi connectivity index (χ1v) is 3.81. The van der Waals surface area contributed by atoms with E-state index < -0.39 is 0 Å². The number of aryl methyl sites for hydroxylation is 1. The molecule has 0 aliphatic carbocycles. The summed E-state index contributed by atoms with van der Waals surface area (Å²) < 4.78 is 0. The summed E-state index contributed by atoms with van der Waals surface area (Å²) in [6, 6.07) is 5.19. The maximum absolute atomic E-state index is 9.28. The largest absolute Gasteiger partial charge is 0.508 e. The van der Waals surface area contributed by atoms with E-state index in [1.165, 1.54) is 0 Å². The number of H-pyrrole nitrogens is 1. The number of hydrogen-bond donors (Lipinski definition) is 2. The average Bonchev–Trinajstić information content (AvgIpc) is 2.62. The number of benzene rings is 1. The standard InChI is InChI=1S/C8H8N4O/c1-5-4-6(2-3-7(5)13)8-9-11-12-10-8/h2-4,13H,1H3,(H,9,10,11,12). The predicted molar refractivity (Wildman–Crippen MR) is 46.0 cm³/mol. The Morgan fingerprint density at radius 1 is 1.38 bits per heavy atom. The number of aromatic amines is 1. The molecule has 2 aromatic rings. The van der Waals surface area contributed by atoms with Gasteiger partial charge < -0.3 is 5.11 Å². The lowest BCUT2D eigenvalue weighted by atomic mass is 10.1. The molecule has 0 radical (unpaired) electrons. The monoisotopic (exact) mass is 176 g/mol. The Labute approximate surface area is 74.4 Å². The molecule has 0 saturated carbocycles. The summed E-state index contributed by atoms with van der Waals surface area (Å²) in [5.41, 5.74) is 1.66. The topological polar surface area (TPSA) is 74.7 Å². The lowest BCUT2D eigenvalue weighted by Crippen LogP contribution is -1.82. The Balaban J connectivity index is 2.49. The highest BCUT2D eigenvalue weighted by Gasteiger charge is 2.03. The Kier molecular flexibility index (Phi) is 1.70. The van der Waals surface area contributed by atoms with Crippen molar-refractivity contribution in [2.45, 2.75) is 6.92 Å². The van der Waals surface area contributed by atoms with E-state index in [-0.39, 0.29) is 5.75 Å². The lowest BCUT2D eigenvalue weighted by Gasteiger charge is -1.99. The summed E-state index contributed by atoms with van der Waals surface area (Å²) in [4.78, 5) is 0. The van der Waals surface area contributed by atoms with Crippen LogP contribution < -0.4 is 0 Å². The van der Waals surface area contributed by atoms with Crippen LogP contribution in [0.2, 0.25) is 0 Å². The van der Waals surface area contributed by atoms with E-state index in [9.17, 15) is 5.11 Å². The van der Waals surface area contributed by atoms with Crippen LogP contribution in [0.3, 0.4) is 0 Å². The zero-order valence-electron chi connectivity index (χ0n) is 7.02. The summed E-state index contributed by atoms with van der Waals surface area (Å²) in [6.45, 7) is 1.82. The molecule has 0 bridgehead atoms. The molecule has 0 aliphatic heterocycles. The van der Waals surface area contributed by atoms with Crippen molar-refractivity contribution in [1.29, 1.82) is 0 Å². The van der Waals surface area contributed by atoms with Gasteiger partial charge in [-0.1, -0.05) is 0 Å². The van der Waals surface area contributed by atoms with E-state index >= 15 is 0 Å². The highest BCUT2D eigenvalue weighted by atomic mass is 16.3. The van der Waals surface area contributed by atoms with Gasteiger partial charge in [0.05, 0.1) is 0 Å². The van der Waals surface area contributed by atoms with E-state index in [4.69, 9.17) is 0 Å². The smallest absolute Gasteiger partial charge is 0.179 e. The number of phenolic OH excluding ortho intramolecular Hbond substituents is 1. The lowest BCUT2D eigenvalue weighted by molar-refractivity contribution is 0.471. The fraction of sp³-hybridized carbons (Fsp3) is 0.125. The minimum absolute atomic E-state index is 0.274. The van der Waals surface area contributed by atoms with Crippen molar-refractivity contribution in [2.75, 3.05) is 0 Å². The maximum atomic E-state index is 9.28. The highest BCUT2D eigenvalue weighted by molar-refractivity contribution is 5.57. The quantitative estimate of drug-likeness (QED) is 0.676. The molecule has 0 saturated heterocycles. The third-order valence-corrected chi connectivity index (χ3v) is 1.82. The molecule has 0 atom stereocenters. The molecule has 5 heteroatoms. The van der Waals surface area contributed by atoms with Gasteiger partial charge in [-0.15, -0.1) is 5.10 Å². The van der Waals surface area contributed by atoms with Gasteiger partial charge in [-0.3, -0.25) is 0 Å². The molecule has 66 valence electrons. The zero-order chi connectivity index (χ0) is 9.26. The van der Waals surface area contributed by atoms with Crippen LogP contribution in [0.1, 0.15) is 5.56 Å². The van der Waals surface area contributed by atoms with Crippen LogP contribution in [-0.4, -0.2) is 25.7 Å². The Morgan fingerprint density at radius 2 is 2.23 bits per heavy atom. The number of tetrazole rings is 1. The minimum atomic E-state index is 0.274. The number of nitrogens with one attached hydrogen (secondary N) is 1. The van der Waals surface area contributed by atoms with Gasteiger partial charge in [-0.2, -0.15) is 0 Å². The first-order chi connectivity index (χ1) is 6.27. The SMILES string of the molecule is Cc1cc(-c2nnn[nH]2)ccc1O. The van der Waals surface area contributed by atoms with Gasteiger partial charge in [0.2, 0.25) is 0 Å². The molecule has 0 spiro atoms. The van der Waals surface area contributed by atoms with Crippen molar-refractivity contribution >= 4 is 0 Å². The van der Waals surface area contributed by atoms with Crippen LogP contribution in [-0.2, 0) is 0 Å². The Bertz CT molecular complexity index is 410. The fourth-order valence-corrected chi connectivity index (χ4v) is 1.08. The normalized spacial score (nSPS) is 10.2. The van der Waals surface area contributed by atoms with Crippen molar-refractivity contribution in [3.05, 3.63) is 23.8 Å². The predicted octanol–water partition coefficient (Wildman–Crippen LogP) is 0.881. The summed E-state index contributed by atoms with van der Waals surface area (Å²) in [5.74, 6) is 0.874. The molecule has 0 fully saturated rings. The minimum Gasteiger partial charge on any atom is -0.508 e. The molecule has 0 amide bonds. The number of rotatable bonds is 1. The average molecular weight is 176 g/mol. The van der Waals surface area contributed by atoms with Crippen molar-refractivity contribution in [1.82, 2.24) is 20.6 Å². The third kappa shape index (κ3) is 1.35. The van der Waals surface area contributed by atoms with Crippen LogP contribution >= 0.6 is 0 Å². The van der Waals surface area contributed by atoms with Crippen molar-refractivity contribution in [2.24, 2.45) is 0 Å². The molecule has 0 unspecified atom stereocenters. The number of aromatic nitrogens is 4. The molecular weight excluding hydrogens is 168 g/mol. The van der Waals surface area contributed by atoms with E-state index in [2.05, 4.69) is 20.6 Å². The number of nitrogens with zero attached hydrogens (tertiary/aromatic N) is 3. The van der Waals surface area contributed by atoms with Crippen LogP contribution in [0, 0.1) is 6.92 Å². The van der Waals surface area contributed by atoms with Gasteiger partial charge in [0.25, 0.3) is 0 Å². The second-order valence-electron chi connectivity index (χ2n) is 2.75. The van der Waals surface area contributed by atoms with E-state index in [1.807, 2.05) is 13.0 Å². The van der Waals surface area contributed by atoms with Gasteiger partial charge >= 0.3 is 0 Å². The van der Waals surface area contributed by atoms with Gasteiger partial charge in [0.15, 0.2) is 5.82 Å². The summed E-state index contributed by atoms with van der Waals surface area (Å²) in [7, 11) is 0.